The Morgan fingerprint density at radius 3 is 1.24 bits per heavy atom. The van der Waals surface area contributed by atoms with Crippen LogP contribution in [-0.2, 0) is 24.0 Å². The van der Waals surface area contributed by atoms with E-state index in [-0.39, 0.29) is 22.7 Å². The van der Waals surface area contributed by atoms with Crippen LogP contribution in [0.1, 0.15) is 121 Å². The lowest BCUT2D eigenvalue weighted by molar-refractivity contribution is -0.140. The van der Waals surface area contributed by atoms with Gasteiger partial charge in [-0.2, -0.15) is 0 Å². The third kappa shape index (κ3) is 15.8. The molecule has 18 nitrogen and oxygen atoms in total. The van der Waals surface area contributed by atoms with Gasteiger partial charge in [-0.3, -0.25) is 24.0 Å². The molecule has 18 heteroatoms. The lowest BCUT2D eigenvalue weighted by Crippen LogP contribution is -2.38. The number of rotatable bonds is 24. The minimum Gasteiger partial charge on any atom is -0.507 e. The van der Waals surface area contributed by atoms with E-state index in [1.807, 2.05) is 48.5 Å². The van der Waals surface area contributed by atoms with E-state index in [2.05, 4.69) is 51.3 Å². The average Bonchev–Trinajstić information content (AvgIpc) is 3.88. The van der Waals surface area contributed by atoms with Gasteiger partial charge in [0.15, 0.2) is 23.0 Å². The Bertz CT molecular complexity index is 2630. The Balaban J connectivity index is 0.000000242. The molecule has 4 aliphatic rings. The van der Waals surface area contributed by atoms with E-state index in [1.54, 1.807) is 46.2 Å². The molecule has 2 fully saturated rings. The van der Waals surface area contributed by atoms with E-state index < -0.39 is 41.4 Å². The largest absolute Gasteiger partial charge is 0.507 e. The predicted octanol–water partition coefficient (Wildman–Crippen LogP) is 9.67. The predicted molar refractivity (Wildman–Crippen MR) is 305 cm³/mol. The van der Waals surface area contributed by atoms with Gasteiger partial charge in [0, 0.05) is 44.2 Å². The highest BCUT2D eigenvalue weighted by Crippen LogP contribution is 2.44. The molecule has 3 N–H and O–H groups in total. The summed E-state index contributed by atoms with van der Waals surface area (Å²) in [7, 11) is 0. The van der Waals surface area contributed by atoms with Crippen molar-refractivity contribution in [3.63, 3.8) is 0 Å². The number of ether oxygens (including phenoxy) is 6. The number of likely N-dealkylation sites (tertiary alicyclic amines) is 2. The molecule has 2 atom stereocenters. The Morgan fingerprint density at radius 1 is 0.525 bits per heavy atom. The number of nitrogens with zero attached hydrogens (tertiary/aromatic N) is 4. The van der Waals surface area contributed by atoms with Crippen molar-refractivity contribution >= 4 is 40.9 Å². The van der Waals surface area contributed by atoms with E-state index in [4.69, 9.17) is 38.3 Å². The number of aliphatic carboxylic acids is 1. The fraction of sp³-hybridized carbons (Fsp3) is 0.468. The molecular formula is C62H80N4O14. The van der Waals surface area contributed by atoms with Crippen molar-refractivity contribution in [2.24, 2.45) is 0 Å². The molecule has 80 heavy (non-hydrogen) atoms. The monoisotopic (exact) mass is 1100 g/mol. The quantitative estimate of drug-likeness (QED) is 0.0258. The van der Waals surface area contributed by atoms with Crippen molar-refractivity contribution in [3.05, 3.63) is 118 Å². The van der Waals surface area contributed by atoms with Crippen LogP contribution in [0.3, 0.4) is 0 Å². The molecule has 432 valence electrons. The van der Waals surface area contributed by atoms with Gasteiger partial charge < -0.3 is 63.3 Å². The maximum absolute atomic E-state index is 13.4. The number of carbonyl (C=O) groups is 5. The zero-order valence-electron chi connectivity index (χ0n) is 47.5. The van der Waals surface area contributed by atoms with Gasteiger partial charge in [0.05, 0.1) is 36.4 Å². The van der Waals surface area contributed by atoms with Crippen molar-refractivity contribution in [1.82, 2.24) is 19.6 Å². The van der Waals surface area contributed by atoms with E-state index in [0.29, 0.717) is 111 Å². The lowest BCUT2D eigenvalue weighted by atomic mass is 9.95. The third-order valence-corrected chi connectivity index (χ3v) is 14.2. The zero-order valence-corrected chi connectivity index (χ0v) is 47.5. The van der Waals surface area contributed by atoms with Gasteiger partial charge in [-0.1, -0.05) is 91.5 Å². The fourth-order valence-corrected chi connectivity index (χ4v) is 9.82. The first-order chi connectivity index (χ1) is 38.7. The summed E-state index contributed by atoms with van der Waals surface area (Å²) < 4.78 is 34.5. The van der Waals surface area contributed by atoms with Crippen LogP contribution in [0.5, 0.6) is 34.5 Å². The van der Waals surface area contributed by atoms with Crippen LogP contribution in [0.25, 0.3) is 11.5 Å². The SMILES string of the molecule is CC(=O)O.CCCCCOc1cccc(C2/C(=C(\O)c3ccc4c(c3)OCCO4)C(=O)C(=O)N2CCN(CC)CC)c1.CCCCCOc1cccc(C2/C(=C(\O)c3ccc4c(c3)OCCO4)C(=O)C(=O)N2CCN(CC)CC)c1. The number of unbranched alkanes of at least 4 members (excludes halogenated alkanes) is 4. The summed E-state index contributed by atoms with van der Waals surface area (Å²) >= 11 is 0. The molecule has 0 aliphatic carbocycles. The summed E-state index contributed by atoms with van der Waals surface area (Å²) in [6.45, 7) is 21.8. The van der Waals surface area contributed by atoms with E-state index in [1.165, 1.54) is 0 Å². The number of amides is 2. The Labute approximate surface area is 470 Å². The standard InChI is InChI=1S/2C30H38N2O6.C2H4O2/c2*1-4-7-8-16-36-23-11-9-10-21(19-23)27-26(29(34)30(35)32(27)15-14-31(5-2)6-3)28(33)22-12-13-24-25(20-22)38-18-17-37-24;1-2(3)4/h2*9-13,19-20,27,33H,4-8,14-18H2,1-3H3;1H3,(H,3,4)/b2*28-26+;. The zero-order chi connectivity index (χ0) is 57.7. The molecule has 4 heterocycles. The summed E-state index contributed by atoms with van der Waals surface area (Å²) in [4.78, 5) is 70.0. The first-order valence-corrected chi connectivity index (χ1v) is 28.2. The highest BCUT2D eigenvalue weighted by atomic mass is 16.6. The van der Waals surface area contributed by atoms with Crippen LogP contribution in [0, 0.1) is 0 Å². The smallest absolute Gasteiger partial charge is 0.300 e. The molecule has 8 rings (SSSR count). The van der Waals surface area contributed by atoms with E-state index in [9.17, 15) is 29.4 Å². The van der Waals surface area contributed by atoms with Gasteiger partial charge in [0.1, 0.15) is 49.4 Å². The average molecular weight is 1110 g/mol. The Kier molecular flexibility index (Phi) is 23.7. The third-order valence-electron chi connectivity index (χ3n) is 14.2. The number of ketones is 2. The van der Waals surface area contributed by atoms with Crippen molar-refractivity contribution in [3.8, 4) is 34.5 Å². The van der Waals surface area contributed by atoms with Gasteiger partial charge >= 0.3 is 0 Å². The maximum atomic E-state index is 13.4. The second kappa shape index (κ2) is 30.7. The first-order valence-electron chi connectivity index (χ1n) is 28.2. The molecule has 0 radical (unpaired) electrons. The second-order valence-corrected chi connectivity index (χ2v) is 19.5. The van der Waals surface area contributed by atoms with Crippen LogP contribution in [0.2, 0.25) is 0 Å². The molecule has 2 saturated heterocycles. The lowest BCUT2D eigenvalue weighted by Gasteiger charge is -2.28. The van der Waals surface area contributed by atoms with Gasteiger partial charge in [0.25, 0.3) is 29.4 Å². The summed E-state index contributed by atoms with van der Waals surface area (Å²) in [5, 5.41) is 30.3. The number of carbonyl (C=O) groups excluding carboxylic acids is 4. The van der Waals surface area contributed by atoms with Gasteiger partial charge in [0.2, 0.25) is 0 Å². The Hall–Kier alpha value is -7.57. The van der Waals surface area contributed by atoms with Gasteiger partial charge in [-0.25, -0.2) is 0 Å². The number of benzene rings is 4. The molecule has 2 amide bonds. The molecule has 0 spiro atoms. The molecule has 4 aliphatic heterocycles. The van der Waals surface area contributed by atoms with Crippen LogP contribution < -0.4 is 28.4 Å². The van der Waals surface area contributed by atoms with Crippen molar-refractivity contribution in [1.29, 1.82) is 0 Å². The number of carboxylic acids is 1. The highest BCUT2D eigenvalue weighted by molar-refractivity contribution is 6.47. The normalized spacial score (nSPS) is 17.7. The van der Waals surface area contributed by atoms with Crippen molar-refractivity contribution in [2.75, 3.05) is 92.0 Å². The van der Waals surface area contributed by atoms with Crippen LogP contribution >= 0.6 is 0 Å². The molecule has 0 aromatic heterocycles. The number of Topliss-reactive ketones (excluding diaryl/α,β-unsaturated/α-hetero) is 2. The maximum Gasteiger partial charge on any atom is 0.300 e. The molecular weight excluding hydrogens is 1020 g/mol. The molecule has 4 aromatic rings. The van der Waals surface area contributed by atoms with Crippen molar-refractivity contribution in [2.45, 2.75) is 99.1 Å². The second-order valence-electron chi connectivity index (χ2n) is 19.5. The highest BCUT2D eigenvalue weighted by Gasteiger charge is 2.47. The number of aliphatic hydroxyl groups is 2. The van der Waals surface area contributed by atoms with Crippen LogP contribution in [0.15, 0.2) is 96.1 Å². The summed E-state index contributed by atoms with van der Waals surface area (Å²) in [5.41, 5.74) is 2.36. The molecule has 0 bridgehead atoms. The molecule has 0 saturated carbocycles. The van der Waals surface area contributed by atoms with Crippen LogP contribution in [-0.4, -0.2) is 156 Å². The summed E-state index contributed by atoms with van der Waals surface area (Å²) in [6.07, 6.45) is 6.27. The number of fused-ring (bicyclic) bond motifs is 2. The van der Waals surface area contributed by atoms with Gasteiger partial charge in [-0.15, -0.1) is 0 Å². The fourth-order valence-electron chi connectivity index (χ4n) is 9.82. The minimum absolute atomic E-state index is 0.0642. The number of likely N-dealkylation sites (N-methyl/N-ethyl adjacent to an activating group) is 2. The Morgan fingerprint density at radius 2 is 0.887 bits per heavy atom. The summed E-state index contributed by atoms with van der Waals surface area (Å²) in [6, 6.07) is 23.5. The van der Waals surface area contributed by atoms with Crippen LogP contribution in [0.4, 0.5) is 0 Å². The number of aliphatic hydroxyl groups excluding tert-OH is 2. The topological polar surface area (TPSA) is 214 Å². The number of carboxylic acid groups (broad SMARTS) is 1. The van der Waals surface area contributed by atoms with E-state index >= 15 is 0 Å². The van der Waals surface area contributed by atoms with Gasteiger partial charge in [-0.05, 0) is 111 Å². The molecule has 2 unspecified atom stereocenters. The first kappa shape index (κ1) is 61.6. The van der Waals surface area contributed by atoms with Crippen molar-refractivity contribution < 1.29 is 67.7 Å². The minimum atomic E-state index is -0.833. The van der Waals surface area contributed by atoms with E-state index in [0.717, 1.165) is 82.8 Å². The number of hydrogen-bond acceptors (Lipinski definition) is 15. The number of hydrogen-bond donors (Lipinski definition) is 3. The summed E-state index contributed by atoms with van der Waals surface area (Å²) in [5.74, 6) is -0.424. The molecule has 4 aromatic carbocycles.